The molecule has 0 amide bonds. The Morgan fingerprint density at radius 3 is 2.53 bits per heavy atom. The quantitative estimate of drug-likeness (QED) is 0.755. The van der Waals surface area contributed by atoms with Crippen LogP contribution in [0.4, 0.5) is 0 Å². The lowest BCUT2D eigenvalue weighted by Gasteiger charge is -2.45. The van der Waals surface area contributed by atoms with Crippen molar-refractivity contribution in [3.8, 4) is 0 Å². The molecule has 1 saturated heterocycles. The number of nitrogens with one attached hydrogen (secondary N) is 1. The third-order valence-electron chi connectivity index (χ3n) is 4.23. The van der Waals surface area contributed by atoms with E-state index in [4.69, 9.17) is 4.74 Å². The molecule has 2 rings (SSSR count). The van der Waals surface area contributed by atoms with Crippen LogP contribution in [0, 0.1) is 5.92 Å². The van der Waals surface area contributed by atoms with Crippen molar-refractivity contribution in [3.63, 3.8) is 0 Å². The van der Waals surface area contributed by atoms with Gasteiger partial charge in [0.15, 0.2) is 0 Å². The fourth-order valence-electron chi connectivity index (χ4n) is 3.09. The maximum atomic E-state index is 5.64. The molecule has 0 aromatic heterocycles. The van der Waals surface area contributed by atoms with Crippen molar-refractivity contribution >= 4 is 0 Å². The van der Waals surface area contributed by atoms with Crippen LogP contribution in [0.3, 0.4) is 0 Å². The molecule has 0 bridgehead atoms. The highest BCUT2D eigenvalue weighted by atomic mass is 16.5. The Hall–Kier alpha value is -0.120. The molecule has 88 valence electrons. The van der Waals surface area contributed by atoms with Gasteiger partial charge in [-0.05, 0) is 52.7 Å². The van der Waals surface area contributed by atoms with Crippen molar-refractivity contribution in [1.82, 2.24) is 10.2 Å². The molecular weight excluding hydrogens is 188 g/mol. The van der Waals surface area contributed by atoms with E-state index in [1.807, 2.05) is 0 Å². The van der Waals surface area contributed by atoms with E-state index in [0.717, 1.165) is 25.1 Å². The van der Waals surface area contributed by atoms with Crippen molar-refractivity contribution < 1.29 is 4.74 Å². The lowest BCUT2D eigenvalue weighted by Crippen LogP contribution is -2.53. The van der Waals surface area contributed by atoms with Crippen LogP contribution in [0.5, 0.6) is 0 Å². The van der Waals surface area contributed by atoms with Gasteiger partial charge in [0.05, 0.1) is 6.10 Å². The van der Waals surface area contributed by atoms with Crippen LogP contribution in [-0.2, 0) is 4.74 Å². The van der Waals surface area contributed by atoms with Crippen LogP contribution in [0.25, 0.3) is 0 Å². The zero-order valence-corrected chi connectivity index (χ0v) is 10.2. The van der Waals surface area contributed by atoms with E-state index in [9.17, 15) is 0 Å². The molecule has 0 spiro atoms. The Bertz CT molecular complexity index is 210. The molecule has 1 N–H and O–H groups in total. The number of ether oxygens (including phenoxy) is 1. The van der Waals surface area contributed by atoms with Gasteiger partial charge in [0, 0.05) is 18.7 Å². The third kappa shape index (κ3) is 2.19. The van der Waals surface area contributed by atoms with E-state index in [-0.39, 0.29) is 0 Å². The van der Waals surface area contributed by atoms with E-state index >= 15 is 0 Å². The SMILES string of the molecule is CNCC1CCC1N(C)C1CCOC1C. The maximum Gasteiger partial charge on any atom is 0.0703 e. The summed E-state index contributed by atoms with van der Waals surface area (Å²) in [4.78, 5) is 2.57. The first-order valence-corrected chi connectivity index (χ1v) is 6.22. The number of nitrogens with zero attached hydrogens (tertiary/aromatic N) is 1. The predicted octanol–water partition coefficient (Wildman–Crippen LogP) is 1.09. The fraction of sp³-hybridized carbons (Fsp3) is 1.00. The zero-order valence-electron chi connectivity index (χ0n) is 10.2. The van der Waals surface area contributed by atoms with Crippen molar-refractivity contribution in [1.29, 1.82) is 0 Å². The summed E-state index contributed by atoms with van der Waals surface area (Å²) in [5, 5.41) is 3.30. The van der Waals surface area contributed by atoms with Crippen LogP contribution < -0.4 is 5.32 Å². The van der Waals surface area contributed by atoms with Gasteiger partial charge in [-0.1, -0.05) is 0 Å². The maximum absolute atomic E-state index is 5.64. The smallest absolute Gasteiger partial charge is 0.0703 e. The van der Waals surface area contributed by atoms with Gasteiger partial charge in [-0.2, -0.15) is 0 Å². The summed E-state index contributed by atoms with van der Waals surface area (Å²) in [6.45, 7) is 4.32. The van der Waals surface area contributed by atoms with Gasteiger partial charge in [0.1, 0.15) is 0 Å². The standard InChI is InChI=1S/C12H24N2O/c1-9-11(6-7-15-9)14(3)12-5-4-10(12)8-13-2/h9-13H,4-8H2,1-3H3. The van der Waals surface area contributed by atoms with E-state index in [2.05, 4.69) is 31.2 Å². The minimum atomic E-state index is 0.422. The summed E-state index contributed by atoms with van der Waals surface area (Å²) in [6.07, 6.45) is 4.38. The molecule has 1 aliphatic heterocycles. The minimum absolute atomic E-state index is 0.422. The first-order valence-electron chi connectivity index (χ1n) is 6.22. The van der Waals surface area contributed by atoms with Gasteiger partial charge in [-0.25, -0.2) is 0 Å². The van der Waals surface area contributed by atoms with Gasteiger partial charge < -0.3 is 10.1 Å². The topological polar surface area (TPSA) is 24.5 Å². The van der Waals surface area contributed by atoms with E-state index < -0.39 is 0 Å². The third-order valence-corrected chi connectivity index (χ3v) is 4.23. The molecule has 1 aliphatic carbocycles. The van der Waals surface area contributed by atoms with Crippen LogP contribution in [0.1, 0.15) is 26.2 Å². The summed E-state index contributed by atoms with van der Waals surface area (Å²) >= 11 is 0. The van der Waals surface area contributed by atoms with Gasteiger partial charge in [0.25, 0.3) is 0 Å². The summed E-state index contributed by atoms with van der Waals surface area (Å²) in [5.41, 5.74) is 0. The van der Waals surface area contributed by atoms with E-state index in [1.165, 1.54) is 19.3 Å². The highest BCUT2D eigenvalue weighted by molar-refractivity contribution is 4.93. The van der Waals surface area contributed by atoms with Crippen molar-refractivity contribution in [2.24, 2.45) is 5.92 Å². The Morgan fingerprint density at radius 2 is 2.07 bits per heavy atom. The number of hydrogen-bond donors (Lipinski definition) is 1. The number of hydrogen-bond acceptors (Lipinski definition) is 3. The van der Waals surface area contributed by atoms with E-state index in [1.54, 1.807) is 0 Å². The lowest BCUT2D eigenvalue weighted by molar-refractivity contribution is 0.0171. The molecule has 2 aliphatic rings. The molecule has 4 unspecified atom stereocenters. The number of likely N-dealkylation sites (N-methyl/N-ethyl adjacent to an activating group) is 1. The molecule has 3 heteroatoms. The second-order valence-corrected chi connectivity index (χ2v) is 5.06. The zero-order chi connectivity index (χ0) is 10.8. The summed E-state index contributed by atoms with van der Waals surface area (Å²) in [5.74, 6) is 0.854. The Balaban J connectivity index is 1.87. The average Bonchev–Trinajstić information content (AvgIpc) is 2.59. The van der Waals surface area contributed by atoms with Crippen LogP contribution >= 0.6 is 0 Å². The minimum Gasteiger partial charge on any atom is -0.377 e. The second kappa shape index (κ2) is 4.81. The Labute approximate surface area is 93.2 Å². The van der Waals surface area contributed by atoms with Crippen LogP contribution in [-0.4, -0.2) is 50.3 Å². The van der Waals surface area contributed by atoms with Gasteiger partial charge in [-0.3, -0.25) is 4.90 Å². The van der Waals surface area contributed by atoms with Crippen LogP contribution in [0.15, 0.2) is 0 Å². The largest absolute Gasteiger partial charge is 0.377 e. The van der Waals surface area contributed by atoms with Crippen molar-refractivity contribution in [2.75, 3.05) is 27.2 Å². The molecule has 0 aromatic rings. The van der Waals surface area contributed by atoms with Crippen LogP contribution in [0.2, 0.25) is 0 Å². The van der Waals surface area contributed by atoms with Gasteiger partial charge in [-0.15, -0.1) is 0 Å². The highest BCUT2D eigenvalue weighted by Crippen LogP contribution is 2.34. The lowest BCUT2D eigenvalue weighted by atomic mass is 9.77. The predicted molar refractivity (Wildman–Crippen MR) is 62.0 cm³/mol. The molecule has 1 saturated carbocycles. The highest BCUT2D eigenvalue weighted by Gasteiger charge is 2.39. The summed E-state index contributed by atoms with van der Waals surface area (Å²) in [7, 11) is 4.33. The second-order valence-electron chi connectivity index (χ2n) is 5.06. The fourth-order valence-corrected chi connectivity index (χ4v) is 3.09. The summed E-state index contributed by atoms with van der Waals surface area (Å²) < 4.78 is 5.64. The monoisotopic (exact) mass is 212 g/mol. The van der Waals surface area contributed by atoms with E-state index in [0.29, 0.717) is 12.1 Å². The van der Waals surface area contributed by atoms with Gasteiger partial charge >= 0.3 is 0 Å². The summed E-state index contributed by atoms with van der Waals surface area (Å²) in [6, 6.07) is 1.43. The molecule has 1 heterocycles. The molecule has 0 radical (unpaired) electrons. The Morgan fingerprint density at radius 1 is 1.27 bits per heavy atom. The molecular formula is C12H24N2O. The number of rotatable bonds is 4. The molecule has 3 nitrogen and oxygen atoms in total. The molecule has 2 fully saturated rings. The first-order chi connectivity index (χ1) is 7.24. The van der Waals surface area contributed by atoms with Crippen molar-refractivity contribution in [3.05, 3.63) is 0 Å². The van der Waals surface area contributed by atoms with Gasteiger partial charge in [0.2, 0.25) is 0 Å². The molecule has 4 atom stereocenters. The normalized spacial score (nSPS) is 40.8. The molecule has 15 heavy (non-hydrogen) atoms. The molecule has 0 aromatic carbocycles. The Kier molecular flexibility index (Phi) is 3.65. The van der Waals surface area contributed by atoms with Crippen molar-refractivity contribution in [2.45, 2.75) is 44.4 Å². The first kappa shape index (κ1) is 11.4. The average molecular weight is 212 g/mol.